The van der Waals surface area contributed by atoms with Gasteiger partial charge in [0.1, 0.15) is 0 Å². The van der Waals surface area contributed by atoms with Gasteiger partial charge in [-0.05, 0) is 43.9 Å². The van der Waals surface area contributed by atoms with Crippen molar-refractivity contribution < 1.29 is 0 Å². The Morgan fingerprint density at radius 1 is 1.13 bits per heavy atom. The van der Waals surface area contributed by atoms with E-state index in [4.69, 9.17) is 5.73 Å². The molecule has 0 aromatic carbocycles. The van der Waals surface area contributed by atoms with E-state index in [0.717, 1.165) is 38.6 Å². The normalized spacial score (nSPS) is 12.4. The topological polar surface area (TPSA) is 50.1 Å². The molecule has 3 nitrogen and oxygen atoms in total. The van der Waals surface area contributed by atoms with Crippen molar-refractivity contribution in [1.29, 1.82) is 0 Å². The van der Waals surface area contributed by atoms with Crippen molar-refractivity contribution in [3.63, 3.8) is 0 Å². The van der Waals surface area contributed by atoms with E-state index in [1.807, 2.05) is 0 Å². The molecule has 0 heterocycles. The predicted molar refractivity (Wildman–Crippen MR) is 68.0 cm³/mol. The van der Waals surface area contributed by atoms with Gasteiger partial charge in [-0.1, -0.05) is 27.7 Å². The molecule has 0 radical (unpaired) electrons. The summed E-state index contributed by atoms with van der Waals surface area (Å²) in [5, 5.41) is 6.88. The largest absolute Gasteiger partial charge is 0.330 e. The molecular formula is C12H29N3. The summed E-state index contributed by atoms with van der Waals surface area (Å²) < 4.78 is 0. The number of nitrogens with one attached hydrogen (secondary N) is 2. The zero-order valence-corrected chi connectivity index (χ0v) is 10.9. The molecule has 15 heavy (non-hydrogen) atoms. The average molecular weight is 215 g/mol. The first-order valence-corrected chi connectivity index (χ1v) is 6.09. The van der Waals surface area contributed by atoms with Crippen LogP contribution in [0.25, 0.3) is 0 Å². The molecule has 0 fully saturated rings. The molecule has 0 saturated heterocycles. The quantitative estimate of drug-likeness (QED) is 0.507. The smallest absolute Gasteiger partial charge is 0.00146 e. The zero-order valence-electron chi connectivity index (χ0n) is 10.9. The van der Waals surface area contributed by atoms with Crippen molar-refractivity contribution in [3.05, 3.63) is 0 Å². The van der Waals surface area contributed by atoms with Gasteiger partial charge in [-0.3, -0.25) is 0 Å². The molecule has 0 unspecified atom stereocenters. The first-order valence-electron chi connectivity index (χ1n) is 6.09. The number of nitrogens with two attached hydrogens (primary N) is 1. The van der Waals surface area contributed by atoms with Crippen molar-refractivity contribution in [2.45, 2.75) is 34.1 Å². The minimum atomic E-state index is 0.228. The van der Waals surface area contributed by atoms with E-state index in [1.165, 1.54) is 6.42 Å². The van der Waals surface area contributed by atoms with Crippen LogP contribution in [0.15, 0.2) is 0 Å². The highest BCUT2D eigenvalue weighted by molar-refractivity contribution is 4.71. The van der Waals surface area contributed by atoms with Gasteiger partial charge in [-0.2, -0.15) is 0 Å². The fourth-order valence-electron chi connectivity index (χ4n) is 1.23. The van der Waals surface area contributed by atoms with E-state index >= 15 is 0 Å². The van der Waals surface area contributed by atoms with Crippen molar-refractivity contribution >= 4 is 0 Å². The van der Waals surface area contributed by atoms with Gasteiger partial charge in [0.25, 0.3) is 0 Å². The van der Waals surface area contributed by atoms with Crippen molar-refractivity contribution in [2.75, 3.05) is 32.7 Å². The van der Waals surface area contributed by atoms with Crippen LogP contribution in [0.4, 0.5) is 0 Å². The van der Waals surface area contributed by atoms with E-state index in [9.17, 15) is 0 Å². The lowest BCUT2D eigenvalue weighted by molar-refractivity contribution is 0.350. The zero-order chi connectivity index (χ0) is 11.7. The highest BCUT2D eigenvalue weighted by atomic mass is 14.9. The van der Waals surface area contributed by atoms with Gasteiger partial charge < -0.3 is 16.4 Å². The third kappa shape index (κ3) is 10.2. The highest BCUT2D eigenvalue weighted by Crippen LogP contribution is 2.09. The molecule has 0 aliphatic rings. The molecule has 0 saturated carbocycles. The molecule has 0 bridgehead atoms. The number of hydrogen-bond donors (Lipinski definition) is 3. The lowest BCUT2D eigenvalue weighted by Crippen LogP contribution is -2.36. The summed E-state index contributed by atoms with van der Waals surface area (Å²) in [7, 11) is 0. The standard InChI is InChI=1S/C12H29N3/c1-11(2)8-14-6-5-7-15-10-12(3,4)9-13/h11,14-15H,5-10,13H2,1-4H3. The Balaban J connectivity index is 3.18. The maximum absolute atomic E-state index is 5.65. The molecule has 4 N–H and O–H groups in total. The Bertz CT molecular complexity index is 144. The third-order valence-corrected chi connectivity index (χ3v) is 2.42. The summed E-state index contributed by atoms with van der Waals surface area (Å²) in [5.41, 5.74) is 5.88. The Morgan fingerprint density at radius 2 is 1.73 bits per heavy atom. The summed E-state index contributed by atoms with van der Waals surface area (Å²) in [6, 6.07) is 0. The monoisotopic (exact) mass is 215 g/mol. The molecular weight excluding hydrogens is 186 g/mol. The van der Waals surface area contributed by atoms with Gasteiger partial charge in [-0.15, -0.1) is 0 Å². The molecule has 0 atom stereocenters. The van der Waals surface area contributed by atoms with Crippen molar-refractivity contribution in [1.82, 2.24) is 10.6 Å². The van der Waals surface area contributed by atoms with Gasteiger partial charge in [0.15, 0.2) is 0 Å². The van der Waals surface area contributed by atoms with Gasteiger partial charge >= 0.3 is 0 Å². The molecule has 0 spiro atoms. The second kappa shape index (κ2) is 8.08. The predicted octanol–water partition coefficient (Wildman–Crippen LogP) is 1.20. The third-order valence-electron chi connectivity index (χ3n) is 2.42. The maximum atomic E-state index is 5.65. The summed E-state index contributed by atoms with van der Waals surface area (Å²) in [4.78, 5) is 0. The summed E-state index contributed by atoms with van der Waals surface area (Å²) in [6.45, 7) is 13.9. The van der Waals surface area contributed by atoms with Crippen LogP contribution in [0.3, 0.4) is 0 Å². The van der Waals surface area contributed by atoms with Crippen LogP contribution in [0.2, 0.25) is 0 Å². The van der Waals surface area contributed by atoms with E-state index in [-0.39, 0.29) is 5.41 Å². The minimum Gasteiger partial charge on any atom is -0.330 e. The summed E-state index contributed by atoms with van der Waals surface area (Å²) in [6.07, 6.45) is 1.19. The number of hydrogen-bond acceptors (Lipinski definition) is 3. The SMILES string of the molecule is CC(C)CNCCCNCC(C)(C)CN. The van der Waals surface area contributed by atoms with E-state index in [1.54, 1.807) is 0 Å². The Labute approximate surface area is 95.2 Å². The molecule has 0 rings (SSSR count). The van der Waals surface area contributed by atoms with E-state index in [2.05, 4.69) is 38.3 Å². The fourth-order valence-corrected chi connectivity index (χ4v) is 1.23. The van der Waals surface area contributed by atoms with Gasteiger partial charge in [0.2, 0.25) is 0 Å². The second-order valence-electron chi connectivity index (χ2n) is 5.50. The molecule has 0 aromatic heterocycles. The second-order valence-corrected chi connectivity index (χ2v) is 5.50. The molecule has 0 amide bonds. The fraction of sp³-hybridized carbons (Fsp3) is 1.00. The van der Waals surface area contributed by atoms with Crippen molar-refractivity contribution in [3.8, 4) is 0 Å². The summed E-state index contributed by atoms with van der Waals surface area (Å²) in [5.74, 6) is 0.745. The molecule has 0 aliphatic carbocycles. The lowest BCUT2D eigenvalue weighted by atomic mass is 9.94. The van der Waals surface area contributed by atoms with Crippen LogP contribution < -0.4 is 16.4 Å². The summed E-state index contributed by atoms with van der Waals surface area (Å²) >= 11 is 0. The van der Waals surface area contributed by atoms with Crippen LogP contribution >= 0.6 is 0 Å². The van der Waals surface area contributed by atoms with Crippen LogP contribution in [-0.4, -0.2) is 32.7 Å². The molecule has 0 aromatic rings. The van der Waals surface area contributed by atoms with Gasteiger partial charge in [-0.25, -0.2) is 0 Å². The average Bonchev–Trinajstić information content (AvgIpc) is 2.16. The van der Waals surface area contributed by atoms with Crippen LogP contribution in [0.5, 0.6) is 0 Å². The number of rotatable bonds is 9. The Hall–Kier alpha value is -0.120. The highest BCUT2D eigenvalue weighted by Gasteiger charge is 2.13. The Kier molecular flexibility index (Phi) is 8.02. The Morgan fingerprint density at radius 3 is 2.27 bits per heavy atom. The molecule has 3 heteroatoms. The maximum Gasteiger partial charge on any atom is 0.00146 e. The van der Waals surface area contributed by atoms with Crippen LogP contribution in [-0.2, 0) is 0 Å². The van der Waals surface area contributed by atoms with E-state index in [0.29, 0.717) is 0 Å². The van der Waals surface area contributed by atoms with Crippen molar-refractivity contribution in [2.24, 2.45) is 17.1 Å². The first-order chi connectivity index (χ1) is 6.98. The van der Waals surface area contributed by atoms with Crippen LogP contribution in [0, 0.1) is 11.3 Å². The molecule has 0 aliphatic heterocycles. The molecule has 92 valence electrons. The minimum absolute atomic E-state index is 0.228. The van der Waals surface area contributed by atoms with Gasteiger partial charge in [0.05, 0.1) is 0 Å². The first kappa shape index (κ1) is 14.9. The lowest BCUT2D eigenvalue weighted by Gasteiger charge is -2.22. The van der Waals surface area contributed by atoms with Crippen LogP contribution in [0.1, 0.15) is 34.1 Å². The van der Waals surface area contributed by atoms with E-state index < -0.39 is 0 Å². The van der Waals surface area contributed by atoms with Gasteiger partial charge in [0, 0.05) is 6.54 Å².